The summed E-state index contributed by atoms with van der Waals surface area (Å²) in [4.78, 5) is 14.2. The number of hydrogen-bond acceptors (Lipinski definition) is 6. The smallest absolute Gasteiger partial charge is 0.246 e. The molecule has 1 aliphatic rings. The number of ketones is 1. The van der Waals surface area contributed by atoms with Gasteiger partial charge in [-0.05, 0) is 26.0 Å². The molecule has 2 aromatic heterocycles. The lowest BCUT2D eigenvalue weighted by molar-refractivity contribution is 0.0874. The van der Waals surface area contributed by atoms with E-state index in [1.54, 1.807) is 26.0 Å². The zero-order chi connectivity index (χ0) is 17.3. The molecule has 0 aliphatic carbocycles. The first-order chi connectivity index (χ1) is 11.4. The fourth-order valence-corrected chi connectivity index (χ4v) is 4.65. The molecule has 0 unspecified atom stereocenters. The topological polar surface area (TPSA) is 99.5 Å². The van der Waals surface area contributed by atoms with Gasteiger partial charge in [-0.3, -0.25) is 14.8 Å². The van der Waals surface area contributed by atoms with Gasteiger partial charge < -0.3 is 4.42 Å². The van der Waals surface area contributed by atoms with Gasteiger partial charge in [0.25, 0.3) is 0 Å². The van der Waals surface area contributed by atoms with Gasteiger partial charge in [-0.15, -0.1) is 0 Å². The quantitative estimate of drug-likeness (QED) is 0.800. The maximum Gasteiger partial charge on any atom is 0.246 e. The summed E-state index contributed by atoms with van der Waals surface area (Å²) in [6, 6.07) is 3.31. The third-order valence-corrected chi connectivity index (χ3v) is 6.32. The Labute approximate surface area is 140 Å². The Morgan fingerprint density at radius 1 is 1.29 bits per heavy atom. The molecule has 0 radical (unpaired) electrons. The van der Waals surface area contributed by atoms with Crippen molar-refractivity contribution in [3.63, 3.8) is 0 Å². The fourth-order valence-electron chi connectivity index (χ4n) is 2.90. The number of carbonyl (C=O) groups excluding carboxylic acids is 1. The lowest BCUT2D eigenvalue weighted by atomic mass is 10.2. The Morgan fingerprint density at radius 2 is 2.00 bits per heavy atom. The Balaban J connectivity index is 1.64. The molecule has 0 atom stereocenters. The molecule has 8 nitrogen and oxygen atoms in total. The van der Waals surface area contributed by atoms with E-state index in [0.29, 0.717) is 43.3 Å². The molecule has 0 bridgehead atoms. The predicted molar refractivity (Wildman–Crippen MR) is 86.3 cm³/mol. The van der Waals surface area contributed by atoms with Gasteiger partial charge in [0.2, 0.25) is 15.8 Å². The highest BCUT2D eigenvalue weighted by atomic mass is 32.2. The van der Waals surface area contributed by atoms with Crippen LogP contribution >= 0.6 is 0 Å². The molecule has 1 fully saturated rings. The van der Waals surface area contributed by atoms with Gasteiger partial charge in [0.1, 0.15) is 4.90 Å². The second-order valence-electron chi connectivity index (χ2n) is 5.84. The molecule has 3 rings (SSSR count). The summed E-state index contributed by atoms with van der Waals surface area (Å²) in [5, 5.41) is 6.68. The number of piperazine rings is 1. The number of furan rings is 1. The van der Waals surface area contributed by atoms with Gasteiger partial charge in [-0.25, -0.2) is 8.42 Å². The van der Waals surface area contributed by atoms with Crippen molar-refractivity contribution in [3.8, 4) is 0 Å². The summed E-state index contributed by atoms with van der Waals surface area (Å²) in [5.41, 5.74) is 1.02. The number of aromatic nitrogens is 2. The predicted octanol–water partition coefficient (Wildman–Crippen LogP) is 0.809. The van der Waals surface area contributed by atoms with Crippen molar-refractivity contribution in [2.24, 2.45) is 0 Å². The SMILES string of the molecule is Cc1n[nH]c(C)c1S(=O)(=O)N1CCN(CC(=O)c2ccco2)CC1. The van der Waals surface area contributed by atoms with E-state index in [0.717, 1.165) is 0 Å². The number of Topliss-reactive ketones (excluding diaryl/α,β-unsaturated/α-hetero) is 1. The standard InChI is InChI=1S/C15H20N4O4S/c1-11-15(12(2)17-16-11)24(21,22)19-7-5-18(6-8-19)10-13(20)14-4-3-9-23-14/h3-4,9H,5-8,10H2,1-2H3,(H,16,17). The number of nitrogens with one attached hydrogen (secondary N) is 1. The van der Waals surface area contributed by atoms with Crippen LogP contribution in [0.25, 0.3) is 0 Å². The molecule has 0 saturated carbocycles. The Bertz CT molecular complexity index is 798. The van der Waals surface area contributed by atoms with E-state index in [2.05, 4.69) is 10.2 Å². The largest absolute Gasteiger partial charge is 0.461 e. The van der Waals surface area contributed by atoms with E-state index < -0.39 is 10.0 Å². The molecule has 24 heavy (non-hydrogen) atoms. The Morgan fingerprint density at radius 3 is 2.54 bits per heavy atom. The first-order valence-corrected chi connectivity index (χ1v) is 9.14. The van der Waals surface area contributed by atoms with Crippen LogP contribution in [-0.4, -0.2) is 66.3 Å². The molecular formula is C15H20N4O4S. The molecule has 0 amide bonds. The second kappa shape index (κ2) is 6.50. The third kappa shape index (κ3) is 3.14. The number of rotatable bonds is 5. The number of H-pyrrole nitrogens is 1. The minimum Gasteiger partial charge on any atom is -0.461 e. The zero-order valence-electron chi connectivity index (χ0n) is 13.7. The van der Waals surface area contributed by atoms with Crippen molar-refractivity contribution in [2.45, 2.75) is 18.7 Å². The monoisotopic (exact) mass is 352 g/mol. The number of nitrogens with zero attached hydrogens (tertiary/aromatic N) is 3. The third-order valence-electron chi connectivity index (χ3n) is 4.15. The van der Waals surface area contributed by atoms with Gasteiger partial charge in [-0.2, -0.15) is 9.40 Å². The highest BCUT2D eigenvalue weighted by molar-refractivity contribution is 7.89. The first-order valence-electron chi connectivity index (χ1n) is 7.70. The van der Waals surface area contributed by atoms with E-state index in [-0.39, 0.29) is 17.2 Å². The maximum absolute atomic E-state index is 12.8. The van der Waals surface area contributed by atoms with E-state index in [1.165, 1.54) is 10.6 Å². The maximum atomic E-state index is 12.8. The summed E-state index contributed by atoms with van der Waals surface area (Å²) >= 11 is 0. The Hall–Kier alpha value is -1.97. The van der Waals surface area contributed by atoms with Crippen LogP contribution in [0.5, 0.6) is 0 Å². The van der Waals surface area contributed by atoms with Crippen LogP contribution in [0.2, 0.25) is 0 Å². The molecular weight excluding hydrogens is 332 g/mol. The molecule has 1 N–H and O–H groups in total. The molecule has 9 heteroatoms. The number of hydrogen-bond donors (Lipinski definition) is 1. The molecule has 1 aliphatic heterocycles. The summed E-state index contributed by atoms with van der Waals surface area (Å²) in [5.74, 6) is 0.229. The average molecular weight is 352 g/mol. The fraction of sp³-hybridized carbons (Fsp3) is 0.467. The number of aromatic amines is 1. The molecule has 2 aromatic rings. The summed E-state index contributed by atoms with van der Waals surface area (Å²) in [6.07, 6.45) is 1.47. The van der Waals surface area contributed by atoms with Crippen molar-refractivity contribution < 1.29 is 17.6 Å². The lowest BCUT2D eigenvalue weighted by Crippen LogP contribution is -2.49. The molecule has 3 heterocycles. The minimum absolute atomic E-state index is 0.0992. The number of sulfonamides is 1. The van der Waals surface area contributed by atoms with Crippen LogP contribution in [0, 0.1) is 13.8 Å². The van der Waals surface area contributed by atoms with E-state index in [4.69, 9.17) is 4.42 Å². The van der Waals surface area contributed by atoms with Crippen molar-refractivity contribution >= 4 is 15.8 Å². The van der Waals surface area contributed by atoms with E-state index in [1.807, 2.05) is 4.90 Å². The van der Waals surface area contributed by atoms with Crippen LogP contribution in [0.15, 0.2) is 27.7 Å². The highest BCUT2D eigenvalue weighted by Crippen LogP contribution is 2.22. The van der Waals surface area contributed by atoms with Crippen LogP contribution < -0.4 is 0 Å². The van der Waals surface area contributed by atoms with E-state index >= 15 is 0 Å². The van der Waals surface area contributed by atoms with Crippen molar-refractivity contribution in [2.75, 3.05) is 32.7 Å². The van der Waals surface area contributed by atoms with Gasteiger partial charge in [0, 0.05) is 26.2 Å². The average Bonchev–Trinajstić information content (AvgIpc) is 3.18. The summed E-state index contributed by atoms with van der Waals surface area (Å²) < 4.78 is 32.1. The Kier molecular flexibility index (Phi) is 4.57. The lowest BCUT2D eigenvalue weighted by Gasteiger charge is -2.33. The molecule has 0 spiro atoms. The van der Waals surface area contributed by atoms with Gasteiger partial charge >= 0.3 is 0 Å². The molecule has 0 aromatic carbocycles. The summed E-state index contributed by atoms with van der Waals surface area (Å²) in [6.45, 7) is 5.30. The van der Waals surface area contributed by atoms with Gasteiger partial charge in [0.05, 0.1) is 24.2 Å². The van der Waals surface area contributed by atoms with E-state index in [9.17, 15) is 13.2 Å². The molecule has 1 saturated heterocycles. The van der Waals surface area contributed by atoms with Crippen LogP contribution in [0.3, 0.4) is 0 Å². The van der Waals surface area contributed by atoms with Crippen LogP contribution in [-0.2, 0) is 10.0 Å². The number of carbonyl (C=O) groups is 1. The van der Waals surface area contributed by atoms with Gasteiger partial charge in [0.15, 0.2) is 5.76 Å². The highest BCUT2D eigenvalue weighted by Gasteiger charge is 2.32. The van der Waals surface area contributed by atoms with Crippen molar-refractivity contribution in [3.05, 3.63) is 35.5 Å². The van der Waals surface area contributed by atoms with Crippen LogP contribution in [0.1, 0.15) is 21.9 Å². The van der Waals surface area contributed by atoms with Crippen molar-refractivity contribution in [1.82, 2.24) is 19.4 Å². The number of aryl methyl sites for hydroxylation is 2. The summed E-state index contributed by atoms with van der Waals surface area (Å²) in [7, 11) is -3.57. The van der Waals surface area contributed by atoms with Gasteiger partial charge in [-0.1, -0.05) is 0 Å². The van der Waals surface area contributed by atoms with Crippen LogP contribution in [0.4, 0.5) is 0 Å². The minimum atomic E-state index is -3.57. The first kappa shape index (κ1) is 16.9. The molecule has 130 valence electrons. The second-order valence-corrected chi connectivity index (χ2v) is 7.72. The normalized spacial score (nSPS) is 17.2. The van der Waals surface area contributed by atoms with Crippen molar-refractivity contribution in [1.29, 1.82) is 0 Å². The zero-order valence-corrected chi connectivity index (χ0v) is 14.5.